The topological polar surface area (TPSA) is 58.6 Å². The maximum absolute atomic E-state index is 11.8. The van der Waals surface area contributed by atoms with E-state index in [0.29, 0.717) is 12.4 Å². The largest absolute Gasteiger partial charge is 0.508 e. The molecule has 0 aromatic heterocycles. The molecule has 4 heteroatoms. The van der Waals surface area contributed by atoms with Crippen molar-refractivity contribution in [1.82, 2.24) is 0 Å². The molecule has 0 heterocycles. The average Bonchev–Trinajstić information content (AvgIpc) is 2.58. The van der Waals surface area contributed by atoms with Crippen LogP contribution in [0.15, 0.2) is 48.5 Å². The van der Waals surface area contributed by atoms with E-state index in [-0.39, 0.29) is 0 Å². The molecule has 0 spiro atoms. The molecule has 0 saturated heterocycles. The van der Waals surface area contributed by atoms with E-state index >= 15 is 0 Å². The van der Waals surface area contributed by atoms with Gasteiger partial charge in [-0.05, 0) is 48.9 Å². The molecule has 0 aliphatic heterocycles. The Morgan fingerprint density at radius 1 is 1.00 bits per heavy atom. The second kappa shape index (κ2) is 9.60. The Hall–Kier alpha value is -2.49. The molecule has 0 aliphatic carbocycles. The van der Waals surface area contributed by atoms with Gasteiger partial charge >= 0.3 is 6.09 Å². The number of phenolic OH excluding ortho intramolecular Hbond substituents is 1. The molecule has 0 unspecified atom stereocenters. The molecule has 2 rings (SSSR count). The van der Waals surface area contributed by atoms with Crippen LogP contribution in [0.5, 0.6) is 5.75 Å². The number of hydrogen-bond acceptors (Lipinski definition) is 3. The lowest BCUT2D eigenvalue weighted by Crippen LogP contribution is -2.15. The van der Waals surface area contributed by atoms with Gasteiger partial charge in [0.1, 0.15) is 5.75 Å². The monoisotopic (exact) mass is 327 g/mol. The van der Waals surface area contributed by atoms with Gasteiger partial charge in [0.05, 0.1) is 6.61 Å². The molecule has 24 heavy (non-hydrogen) atoms. The van der Waals surface area contributed by atoms with Crippen molar-refractivity contribution >= 4 is 11.8 Å². The van der Waals surface area contributed by atoms with Crippen molar-refractivity contribution in [2.75, 3.05) is 11.9 Å². The normalized spacial score (nSPS) is 10.4. The van der Waals surface area contributed by atoms with Gasteiger partial charge in [-0.25, -0.2) is 4.79 Å². The molecule has 0 radical (unpaired) electrons. The number of para-hydroxylation sites is 2. The standard InChI is InChI=1S/C20H25NO3/c1-2-3-15-24-20(23)21-18-13-6-4-9-16(18)11-8-12-17-10-5-7-14-19(17)22/h4-7,9-10,13-14,22H,2-3,8,11-12,15H2,1H3,(H,21,23). The number of hydrogen-bond donors (Lipinski definition) is 2. The average molecular weight is 327 g/mol. The van der Waals surface area contributed by atoms with Crippen molar-refractivity contribution in [1.29, 1.82) is 0 Å². The summed E-state index contributed by atoms with van der Waals surface area (Å²) in [5, 5.41) is 12.6. The third-order valence-corrected chi connectivity index (χ3v) is 3.87. The Morgan fingerprint density at radius 2 is 1.67 bits per heavy atom. The number of aryl methyl sites for hydroxylation is 2. The summed E-state index contributed by atoms with van der Waals surface area (Å²) < 4.78 is 5.15. The van der Waals surface area contributed by atoms with Crippen molar-refractivity contribution in [2.24, 2.45) is 0 Å². The molecule has 2 aromatic carbocycles. The van der Waals surface area contributed by atoms with Crippen molar-refractivity contribution in [3.63, 3.8) is 0 Å². The predicted molar refractivity (Wildman–Crippen MR) is 96.5 cm³/mol. The fourth-order valence-corrected chi connectivity index (χ4v) is 2.51. The molecule has 2 aromatic rings. The van der Waals surface area contributed by atoms with Crippen LogP contribution >= 0.6 is 0 Å². The second-order valence-corrected chi connectivity index (χ2v) is 5.75. The highest BCUT2D eigenvalue weighted by molar-refractivity contribution is 5.85. The molecular weight excluding hydrogens is 302 g/mol. The highest BCUT2D eigenvalue weighted by Crippen LogP contribution is 2.21. The van der Waals surface area contributed by atoms with Gasteiger partial charge < -0.3 is 9.84 Å². The Bertz CT molecular complexity index is 655. The van der Waals surface area contributed by atoms with Gasteiger partial charge in [-0.2, -0.15) is 0 Å². The predicted octanol–water partition coefficient (Wildman–Crippen LogP) is 4.92. The summed E-state index contributed by atoms with van der Waals surface area (Å²) in [7, 11) is 0. The van der Waals surface area contributed by atoms with Gasteiger partial charge in [0, 0.05) is 5.69 Å². The van der Waals surface area contributed by atoms with E-state index in [4.69, 9.17) is 4.74 Å². The fourth-order valence-electron chi connectivity index (χ4n) is 2.51. The summed E-state index contributed by atoms with van der Waals surface area (Å²) in [5.41, 5.74) is 2.80. The van der Waals surface area contributed by atoms with Gasteiger partial charge in [0.25, 0.3) is 0 Å². The molecule has 0 saturated carbocycles. The Kier molecular flexibility index (Phi) is 7.15. The van der Waals surface area contributed by atoms with E-state index in [9.17, 15) is 9.90 Å². The van der Waals surface area contributed by atoms with Gasteiger partial charge in [0.15, 0.2) is 0 Å². The van der Waals surface area contributed by atoms with Gasteiger partial charge in [-0.3, -0.25) is 5.32 Å². The summed E-state index contributed by atoms with van der Waals surface area (Å²) in [6, 6.07) is 15.1. The summed E-state index contributed by atoms with van der Waals surface area (Å²) in [6.07, 6.45) is 3.96. The quantitative estimate of drug-likeness (QED) is 0.677. The zero-order valence-electron chi connectivity index (χ0n) is 14.1. The molecule has 128 valence electrons. The number of ether oxygens (including phenoxy) is 1. The molecular formula is C20H25NO3. The molecule has 0 bridgehead atoms. The number of anilines is 1. The lowest BCUT2D eigenvalue weighted by Gasteiger charge is -2.11. The lowest BCUT2D eigenvalue weighted by atomic mass is 10.0. The second-order valence-electron chi connectivity index (χ2n) is 5.75. The number of carbonyl (C=O) groups is 1. The molecule has 4 nitrogen and oxygen atoms in total. The van der Waals surface area contributed by atoms with E-state index in [0.717, 1.165) is 48.9 Å². The first kappa shape index (κ1) is 17.9. The Morgan fingerprint density at radius 3 is 2.42 bits per heavy atom. The smallest absolute Gasteiger partial charge is 0.411 e. The van der Waals surface area contributed by atoms with E-state index in [1.807, 2.05) is 42.5 Å². The first-order valence-corrected chi connectivity index (χ1v) is 8.49. The Labute approximate surface area is 143 Å². The third kappa shape index (κ3) is 5.61. The number of amides is 1. The first-order valence-electron chi connectivity index (χ1n) is 8.49. The van der Waals surface area contributed by atoms with Crippen LogP contribution < -0.4 is 5.32 Å². The van der Waals surface area contributed by atoms with Crippen molar-refractivity contribution < 1.29 is 14.6 Å². The van der Waals surface area contributed by atoms with Gasteiger partial charge in [-0.15, -0.1) is 0 Å². The molecule has 0 atom stereocenters. The summed E-state index contributed by atoms with van der Waals surface area (Å²) in [6.45, 7) is 2.50. The minimum Gasteiger partial charge on any atom is -0.508 e. The number of aromatic hydroxyl groups is 1. The summed E-state index contributed by atoms with van der Waals surface area (Å²) in [5.74, 6) is 0.336. The molecule has 0 fully saturated rings. The van der Waals surface area contributed by atoms with E-state index < -0.39 is 6.09 Å². The van der Waals surface area contributed by atoms with E-state index in [1.54, 1.807) is 6.07 Å². The van der Waals surface area contributed by atoms with Crippen molar-refractivity contribution in [3.8, 4) is 5.75 Å². The highest BCUT2D eigenvalue weighted by Gasteiger charge is 2.08. The van der Waals surface area contributed by atoms with Gasteiger partial charge in [0.2, 0.25) is 0 Å². The number of unbranched alkanes of at least 4 members (excludes halogenated alkanes) is 1. The summed E-state index contributed by atoms with van der Waals surface area (Å²) >= 11 is 0. The van der Waals surface area contributed by atoms with Crippen molar-refractivity contribution in [2.45, 2.75) is 39.0 Å². The number of benzene rings is 2. The minimum atomic E-state index is -0.406. The third-order valence-electron chi connectivity index (χ3n) is 3.87. The number of rotatable bonds is 8. The molecule has 0 aliphatic rings. The van der Waals surface area contributed by atoms with Crippen LogP contribution in [0.4, 0.5) is 10.5 Å². The SMILES string of the molecule is CCCCOC(=O)Nc1ccccc1CCCc1ccccc1O. The minimum absolute atomic E-state index is 0.336. The van der Waals surface area contributed by atoms with Crippen LogP contribution in [0.25, 0.3) is 0 Å². The number of carbonyl (C=O) groups excluding carboxylic acids is 1. The number of phenols is 1. The highest BCUT2D eigenvalue weighted by atomic mass is 16.5. The fraction of sp³-hybridized carbons (Fsp3) is 0.350. The summed E-state index contributed by atoms with van der Waals surface area (Å²) in [4.78, 5) is 11.8. The first-order chi connectivity index (χ1) is 11.7. The van der Waals surface area contributed by atoms with Crippen LogP contribution in [0.1, 0.15) is 37.3 Å². The van der Waals surface area contributed by atoms with Gasteiger partial charge in [-0.1, -0.05) is 49.7 Å². The van der Waals surface area contributed by atoms with Crippen LogP contribution in [0.2, 0.25) is 0 Å². The molecule has 1 amide bonds. The molecule has 2 N–H and O–H groups in total. The van der Waals surface area contributed by atoms with Crippen LogP contribution in [-0.4, -0.2) is 17.8 Å². The zero-order chi connectivity index (χ0) is 17.2. The van der Waals surface area contributed by atoms with Crippen LogP contribution in [-0.2, 0) is 17.6 Å². The van der Waals surface area contributed by atoms with E-state index in [2.05, 4.69) is 12.2 Å². The van der Waals surface area contributed by atoms with Crippen LogP contribution in [0.3, 0.4) is 0 Å². The van der Waals surface area contributed by atoms with Crippen molar-refractivity contribution in [3.05, 3.63) is 59.7 Å². The maximum Gasteiger partial charge on any atom is 0.411 e. The zero-order valence-corrected chi connectivity index (χ0v) is 14.1. The van der Waals surface area contributed by atoms with E-state index in [1.165, 1.54) is 0 Å². The Balaban J connectivity index is 1.89. The maximum atomic E-state index is 11.8. The lowest BCUT2D eigenvalue weighted by molar-refractivity contribution is 0.160. The number of nitrogens with one attached hydrogen (secondary N) is 1. The van der Waals surface area contributed by atoms with Crippen LogP contribution in [0, 0.1) is 0 Å².